The van der Waals surface area contributed by atoms with Crippen LogP contribution in [-0.4, -0.2) is 73.8 Å². The van der Waals surface area contributed by atoms with Crippen molar-refractivity contribution in [2.45, 2.75) is 6.92 Å². The van der Waals surface area contributed by atoms with Crippen LogP contribution in [0.25, 0.3) is 11.1 Å². The zero-order valence-corrected chi connectivity index (χ0v) is 14.7. The van der Waals surface area contributed by atoms with Crippen LogP contribution in [0, 0.1) is 6.92 Å². The van der Waals surface area contributed by atoms with E-state index in [-0.39, 0.29) is 11.7 Å². The zero-order chi connectivity index (χ0) is 17.3. The molecule has 130 valence electrons. The third-order valence-corrected chi connectivity index (χ3v) is 5.10. The van der Waals surface area contributed by atoms with Crippen molar-refractivity contribution >= 4 is 26.8 Å². The van der Waals surface area contributed by atoms with Gasteiger partial charge in [-0.1, -0.05) is 0 Å². The quantitative estimate of drug-likeness (QED) is 0.815. The van der Waals surface area contributed by atoms with Crippen molar-refractivity contribution in [3.8, 4) is 0 Å². The van der Waals surface area contributed by atoms with Crippen molar-refractivity contribution in [1.29, 1.82) is 0 Å². The molecule has 8 heteroatoms. The van der Waals surface area contributed by atoms with Gasteiger partial charge in [0.25, 0.3) is 5.91 Å². The van der Waals surface area contributed by atoms with Gasteiger partial charge in [-0.15, -0.1) is 0 Å². The third-order valence-electron chi connectivity index (χ3n) is 4.18. The number of oxazole rings is 1. The van der Waals surface area contributed by atoms with Gasteiger partial charge in [-0.25, -0.2) is 13.4 Å². The topological polar surface area (TPSA) is 83.7 Å². The Labute approximate surface area is 141 Å². The predicted molar refractivity (Wildman–Crippen MR) is 90.8 cm³/mol. The number of hydrogen-bond acceptors (Lipinski definition) is 6. The van der Waals surface area contributed by atoms with Crippen LogP contribution in [-0.2, 0) is 9.84 Å². The van der Waals surface area contributed by atoms with E-state index in [4.69, 9.17) is 4.42 Å². The van der Waals surface area contributed by atoms with Crippen molar-refractivity contribution < 1.29 is 17.6 Å². The van der Waals surface area contributed by atoms with E-state index < -0.39 is 9.84 Å². The summed E-state index contributed by atoms with van der Waals surface area (Å²) < 4.78 is 28.0. The molecule has 0 bridgehead atoms. The molecular formula is C16H21N3O4S. The molecule has 1 aromatic carbocycles. The lowest BCUT2D eigenvalue weighted by molar-refractivity contribution is 0.0644. The Kier molecular flexibility index (Phi) is 4.60. The maximum absolute atomic E-state index is 12.6. The van der Waals surface area contributed by atoms with Crippen molar-refractivity contribution in [2.24, 2.45) is 0 Å². The highest BCUT2D eigenvalue weighted by molar-refractivity contribution is 7.90. The fourth-order valence-electron chi connectivity index (χ4n) is 2.82. The predicted octanol–water partition coefficient (Wildman–Crippen LogP) is 0.939. The fourth-order valence-corrected chi connectivity index (χ4v) is 3.41. The minimum absolute atomic E-state index is 0.0336. The second-order valence-corrected chi connectivity index (χ2v) is 8.44. The molecular weight excluding hydrogens is 330 g/mol. The molecule has 0 radical (unpaired) electrons. The molecule has 24 heavy (non-hydrogen) atoms. The van der Waals surface area contributed by atoms with Gasteiger partial charge in [-0.3, -0.25) is 9.69 Å². The standard InChI is InChI=1S/C16H21N3O4S/c1-12-17-14-4-3-13(11-15(14)23-12)16(20)19-7-5-18(6-8-19)9-10-24(2,21)22/h3-4,11H,5-10H2,1-2H3. The van der Waals surface area contributed by atoms with Gasteiger partial charge < -0.3 is 9.32 Å². The van der Waals surface area contributed by atoms with Crippen LogP contribution >= 0.6 is 0 Å². The second kappa shape index (κ2) is 6.52. The molecule has 0 saturated carbocycles. The number of sulfone groups is 1. The highest BCUT2D eigenvalue weighted by Crippen LogP contribution is 2.18. The summed E-state index contributed by atoms with van der Waals surface area (Å²) in [5.74, 6) is 0.699. The fraction of sp³-hybridized carbons (Fsp3) is 0.500. The SMILES string of the molecule is Cc1nc2ccc(C(=O)N3CCN(CCS(C)(=O)=O)CC3)cc2o1. The molecule has 3 rings (SSSR count). The van der Waals surface area contributed by atoms with Crippen LogP contribution in [0.1, 0.15) is 16.2 Å². The van der Waals surface area contributed by atoms with E-state index in [1.54, 1.807) is 30.0 Å². The summed E-state index contributed by atoms with van der Waals surface area (Å²) in [5.41, 5.74) is 1.95. The van der Waals surface area contributed by atoms with Crippen LogP contribution in [0.4, 0.5) is 0 Å². The molecule has 0 spiro atoms. The van der Waals surface area contributed by atoms with Gasteiger partial charge in [-0.2, -0.15) is 0 Å². The van der Waals surface area contributed by atoms with Crippen molar-refractivity contribution in [3.63, 3.8) is 0 Å². The van der Waals surface area contributed by atoms with E-state index in [1.165, 1.54) is 6.26 Å². The molecule has 0 atom stereocenters. The number of amides is 1. The number of aromatic nitrogens is 1. The number of benzene rings is 1. The number of piperazine rings is 1. The summed E-state index contributed by atoms with van der Waals surface area (Å²) in [6.45, 7) is 4.85. The first-order valence-corrected chi connectivity index (χ1v) is 9.94. The first kappa shape index (κ1) is 16.9. The number of fused-ring (bicyclic) bond motifs is 1. The van der Waals surface area contributed by atoms with Crippen molar-refractivity contribution in [1.82, 2.24) is 14.8 Å². The maximum Gasteiger partial charge on any atom is 0.254 e. The Bertz CT molecular complexity index is 851. The highest BCUT2D eigenvalue weighted by Gasteiger charge is 2.23. The Morgan fingerprint density at radius 2 is 1.96 bits per heavy atom. The molecule has 1 aliphatic heterocycles. The number of carbonyl (C=O) groups excluding carboxylic acids is 1. The van der Waals surface area contributed by atoms with Gasteiger partial charge in [0, 0.05) is 51.5 Å². The van der Waals surface area contributed by atoms with Gasteiger partial charge in [-0.05, 0) is 18.2 Å². The molecule has 0 unspecified atom stereocenters. The number of carbonyl (C=O) groups is 1. The Balaban J connectivity index is 1.61. The molecule has 2 heterocycles. The van der Waals surface area contributed by atoms with Gasteiger partial charge in [0.15, 0.2) is 11.5 Å². The number of hydrogen-bond donors (Lipinski definition) is 0. The second-order valence-electron chi connectivity index (χ2n) is 6.18. The Morgan fingerprint density at radius 3 is 2.62 bits per heavy atom. The molecule has 2 aromatic rings. The monoisotopic (exact) mass is 351 g/mol. The van der Waals surface area contributed by atoms with Gasteiger partial charge >= 0.3 is 0 Å². The highest BCUT2D eigenvalue weighted by atomic mass is 32.2. The molecule has 1 aliphatic rings. The van der Waals surface area contributed by atoms with Gasteiger partial charge in [0.2, 0.25) is 0 Å². The van der Waals surface area contributed by atoms with E-state index in [1.807, 2.05) is 0 Å². The summed E-state index contributed by atoms with van der Waals surface area (Å²) >= 11 is 0. The van der Waals surface area contributed by atoms with Crippen molar-refractivity contribution in [3.05, 3.63) is 29.7 Å². The van der Waals surface area contributed by atoms with Gasteiger partial charge in [0.05, 0.1) is 5.75 Å². The summed E-state index contributed by atoms with van der Waals surface area (Å²) in [7, 11) is -2.95. The molecule has 1 fully saturated rings. The molecule has 0 N–H and O–H groups in total. The normalized spacial score (nSPS) is 16.7. The van der Waals surface area contributed by atoms with Crippen LogP contribution in [0.2, 0.25) is 0 Å². The molecule has 1 amide bonds. The van der Waals surface area contributed by atoms with E-state index in [0.717, 1.165) is 5.52 Å². The lowest BCUT2D eigenvalue weighted by atomic mass is 10.1. The lowest BCUT2D eigenvalue weighted by Gasteiger charge is -2.34. The van der Waals surface area contributed by atoms with Crippen LogP contribution in [0.5, 0.6) is 0 Å². The smallest absolute Gasteiger partial charge is 0.254 e. The largest absolute Gasteiger partial charge is 0.441 e. The molecule has 0 aliphatic carbocycles. The molecule has 1 saturated heterocycles. The average Bonchev–Trinajstić information content (AvgIpc) is 2.91. The van der Waals surface area contributed by atoms with Gasteiger partial charge in [0.1, 0.15) is 15.4 Å². The van der Waals surface area contributed by atoms with Crippen LogP contribution < -0.4 is 0 Å². The summed E-state index contributed by atoms with van der Waals surface area (Å²) in [4.78, 5) is 20.7. The zero-order valence-electron chi connectivity index (χ0n) is 13.9. The number of rotatable bonds is 4. The minimum atomic E-state index is -2.95. The Hall–Kier alpha value is -1.93. The average molecular weight is 351 g/mol. The lowest BCUT2D eigenvalue weighted by Crippen LogP contribution is -2.49. The first-order chi connectivity index (χ1) is 11.3. The molecule has 1 aromatic heterocycles. The summed E-state index contributed by atoms with van der Waals surface area (Å²) in [6, 6.07) is 5.29. The summed E-state index contributed by atoms with van der Waals surface area (Å²) in [6.07, 6.45) is 1.24. The minimum Gasteiger partial charge on any atom is -0.441 e. The first-order valence-electron chi connectivity index (χ1n) is 7.88. The van der Waals surface area contributed by atoms with E-state index in [0.29, 0.717) is 49.8 Å². The van der Waals surface area contributed by atoms with E-state index in [9.17, 15) is 13.2 Å². The maximum atomic E-state index is 12.6. The van der Waals surface area contributed by atoms with E-state index in [2.05, 4.69) is 9.88 Å². The number of aryl methyl sites for hydroxylation is 1. The van der Waals surface area contributed by atoms with E-state index >= 15 is 0 Å². The van der Waals surface area contributed by atoms with Crippen LogP contribution in [0.3, 0.4) is 0 Å². The Morgan fingerprint density at radius 1 is 1.25 bits per heavy atom. The van der Waals surface area contributed by atoms with Crippen molar-refractivity contribution in [2.75, 3.05) is 44.7 Å². The summed E-state index contributed by atoms with van der Waals surface area (Å²) in [5, 5.41) is 0. The van der Waals surface area contributed by atoms with Crippen LogP contribution in [0.15, 0.2) is 22.6 Å². The number of nitrogens with zero attached hydrogens (tertiary/aromatic N) is 3. The molecule has 7 nitrogen and oxygen atoms in total. The third kappa shape index (κ3) is 3.93.